The molecule has 2 aromatic rings. The third kappa shape index (κ3) is 4.65. The minimum atomic E-state index is -3.50. The van der Waals surface area contributed by atoms with Crippen molar-refractivity contribution in [3.05, 3.63) is 47.3 Å². The van der Waals surface area contributed by atoms with Gasteiger partial charge in [0.05, 0.1) is 5.92 Å². The van der Waals surface area contributed by atoms with Gasteiger partial charge in [0, 0.05) is 38.4 Å². The van der Waals surface area contributed by atoms with Crippen LogP contribution in [0.2, 0.25) is 0 Å². The van der Waals surface area contributed by atoms with E-state index in [9.17, 15) is 13.2 Å². The van der Waals surface area contributed by atoms with Gasteiger partial charge in [-0.05, 0) is 54.8 Å². The molecule has 1 aromatic carbocycles. The molecule has 1 unspecified atom stereocenters. The van der Waals surface area contributed by atoms with Crippen LogP contribution in [0.1, 0.15) is 31.2 Å². The highest BCUT2D eigenvalue weighted by Gasteiger charge is 2.33. The van der Waals surface area contributed by atoms with Gasteiger partial charge in [0.2, 0.25) is 5.91 Å². The molecule has 6 nitrogen and oxygen atoms in total. The predicted molar refractivity (Wildman–Crippen MR) is 116 cm³/mol. The average molecular weight is 434 g/mol. The number of piperidine rings is 1. The van der Waals surface area contributed by atoms with E-state index in [4.69, 9.17) is 0 Å². The molecule has 2 fully saturated rings. The van der Waals surface area contributed by atoms with Gasteiger partial charge >= 0.3 is 0 Å². The normalized spacial score (nSPS) is 20.7. The van der Waals surface area contributed by atoms with Gasteiger partial charge in [-0.3, -0.25) is 4.79 Å². The second-order valence-electron chi connectivity index (χ2n) is 7.71. The molecule has 29 heavy (non-hydrogen) atoms. The molecule has 3 heterocycles. The number of amides is 1. The Kier molecular flexibility index (Phi) is 6.22. The monoisotopic (exact) mass is 433 g/mol. The Morgan fingerprint density at radius 1 is 1.07 bits per heavy atom. The van der Waals surface area contributed by atoms with Crippen molar-refractivity contribution in [2.24, 2.45) is 5.92 Å². The molecular weight excluding hydrogens is 406 g/mol. The summed E-state index contributed by atoms with van der Waals surface area (Å²) in [4.78, 5) is 15.1. The first-order valence-electron chi connectivity index (χ1n) is 10.2. The lowest BCUT2D eigenvalue weighted by Gasteiger charge is -2.30. The molecule has 2 aliphatic heterocycles. The fraction of sp³-hybridized carbons (Fsp3) is 0.476. The van der Waals surface area contributed by atoms with Crippen LogP contribution < -0.4 is 10.2 Å². The number of anilines is 1. The summed E-state index contributed by atoms with van der Waals surface area (Å²) in [6.45, 7) is 3.42. The van der Waals surface area contributed by atoms with Crippen LogP contribution in [0.5, 0.6) is 0 Å². The summed E-state index contributed by atoms with van der Waals surface area (Å²) in [5.74, 6) is -0.373. The summed E-state index contributed by atoms with van der Waals surface area (Å²) >= 11 is 1.22. The Labute approximate surface area is 176 Å². The van der Waals surface area contributed by atoms with Crippen LogP contribution in [0, 0.1) is 5.92 Å². The minimum Gasteiger partial charge on any atom is -0.372 e. The van der Waals surface area contributed by atoms with Crippen molar-refractivity contribution in [3.63, 3.8) is 0 Å². The molecule has 1 aromatic heterocycles. The number of sulfonamides is 1. The summed E-state index contributed by atoms with van der Waals surface area (Å²) < 4.78 is 27.3. The zero-order valence-electron chi connectivity index (χ0n) is 16.4. The van der Waals surface area contributed by atoms with Gasteiger partial charge in [0.1, 0.15) is 4.21 Å². The fourth-order valence-electron chi connectivity index (χ4n) is 4.05. The summed E-state index contributed by atoms with van der Waals surface area (Å²) in [6, 6.07) is 11.7. The van der Waals surface area contributed by atoms with Crippen LogP contribution in [-0.4, -0.2) is 44.8 Å². The second kappa shape index (κ2) is 8.85. The van der Waals surface area contributed by atoms with Crippen molar-refractivity contribution in [2.75, 3.05) is 31.1 Å². The van der Waals surface area contributed by atoms with E-state index in [0.29, 0.717) is 23.7 Å². The molecule has 0 radical (unpaired) electrons. The van der Waals surface area contributed by atoms with Gasteiger partial charge < -0.3 is 10.2 Å². The van der Waals surface area contributed by atoms with Crippen LogP contribution >= 0.6 is 11.3 Å². The van der Waals surface area contributed by atoms with Gasteiger partial charge in [-0.1, -0.05) is 18.2 Å². The van der Waals surface area contributed by atoms with Crippen LogP contribution in [0.25, 0.3) is 0 Å². The molecule has 1 amide bonds. The largest absolute Gasteiger partial charge is 0.372 e. The Morgan fingerprint density at radius 2 is 1.83 bits per heavy atom. The van der Waals surface area contributed by atoms with Gasteiger partial charge in [-0.2, -0.15) is 4.31 Å². The first-order valence-corrected chi connectivity index (χ1v) is 12.5. The molecule has 0 spiro atoms. The molecule has 0 saturated carbocycles. The number of carbonyl (C=O) groups excluding carboxylic acids is 1. The van der Waals surface area contributed by atoms with E-state index in [-0.39, 0.29) is 18.4 Å². The molecule has 1 atom stereocenters. The quantitative estimate of drug-likeness (QED) is 0.760. The predicted octanol–water partition coefficient (Wildman–Crippen LogP) is 3.07. The first kappa shape index (κ1) is 20.4. The second-order valence-corrected chi connectivity index (χ2v) is 10.8. The van der Waals surface area contributed by atoms with Gasteiger partial charge in [-0.25, -0.2) is 8.42 Å². The third-order valence-corrected chi connectivity index (χ3v) is 8.96. The van der Waals surface area contributed by atoms with Crippen molar-refractivity contribution in [1.29, 1.82) is 0 Å². The highest BCUT2D eigenvalue weighted by Crippen LogP contribution is 2.26. The summed E-state index contributed by atoms with van der Waals surface area (Å²) in [5.41, 5.74) is 2.29. The lowest BCUT2D eigenvalue weighted by molar-refractivity contribution is -0.126. The Bertz CT molecular complexity index is 921. The molecular formula is C21H27N3O3S2. The van der Waals surface area contributed by atoms with Gasteiger partial charge in [0.25, 0.3) is 10.0 Å². The van der Waals surface area contributed by atoms with E-state index in [1.54, 1.807) is 17.5 Å². The zero-order chi connectivity index (χ0) is 20.3. The Morgan fingerprint density at radius 3 is 2.52 bits per heavy atom. The van der Waals surface area contributed by atoms with Crippen molar-refractivity contribution in [1.82, 2.24) is 9.62 Å². The summed E-state index contributed by atoms with van der Waals surface area (Å²) in [7, 11) is -3.50. The first-order chi connectivity index (χ1) is 14.0. The SMILES string of the molecule is O=C(NCc1ccc(N2CCCC2)cc1)C1CCCN(S(=O)(=O)c2cccs2)C1. The topological polar surface area (TPSA) is 69.7 Å². The maximum Gasteiger partial charge on any atom is 0.252 e. The van der Waals surface area contributed by atoms with E-state index in [2.05, 4.69) is 34.5 Å². The molecule has 156 valence electrons. The molecule has 0 bridgehead atoms. The molecule has 0 aliphatic carbocycles. The number of nitrogens with one attached hydrogen (secondary N) is 1. The van der Waals surface area contributed by atoms with Gasteiger partial charge in [0.15, 0.2) is 0 Å². The lowest BCUT2D eigenvalue weighted by atomic mass is 9.99. The number of hydrogen-bond acceptors (Lipinski definition) is 5. The standard InChI is InChI=1S/C21H27N3O3S2/c25-21(22-15-17-7-9-19(10-8-17)23-11-1-2-12-23)18-5-3-13-24(16-18)29(26,27)20-6-4-14-28-20/h4,6-10,14,18H,1-3,5,11-13,15-16H2,(H,22,25). The van der Waals surface area contributed by atoms with Crippen LogP contribution in [-0.2, 0) is 21.4 Å². The number of rotatable bonds is 6. The van der Waals surface area contributed by atoms with E-state index in [1.165, 1.54) is 34.2 Å². The molecule has 2 aliphatic rings. The molecule has 8 heteroatoms. The van der Waals surface area contributed by atoms with Gasteiger partial charge in [-0.15, -0.1) is 11.3 Å². The van der Waals surface area contributed by atoms with Crippen molar-refractivity contribution >= 4 is 33.0 Å². The van der Waals surface area contributed by atoms with Crippen LogP contribution in [0.3, 0.4) is 0 Å². The van der Waals surface area contributed by atoms with E-state index in [1.807, 2.05) is 0 Å². The number of hydrogen-bond donors (Lipinski definition) is 1. The number of nitrogens with zero attached hydrogens (tertiary/aromatic N) is 2. The Hall–Kier alpha value is -1.90. The summed E-state index contributed by atoms with van der Waals surface area (Å²) in [6.07, 6.45) is 3.92. The van der Waals surface area contributed by atoms with E-state index < -0.39 is 10.0 Å². The maximum atomic E-state index is 12.7. The smallest absolute Gasteiger partial charge is 0.252 e. The van der Waals surface area contributed by atoms with Crippen molar-refractivity contribution < 1.29 is 13.2 Å². The van der Waals surface area contributed by atoms with E-state index >= 15 is 0 Å². The van der Waals surface area contributed by atoms with Crippen LogP contribution in [0.15, 0.2) is 46.0 Å². The highest BCUT2D eigenvalue weighted by atomic mass is 32.2. The average Bonchev–Trinajstić information content (AvgIpc) is 3.47. The maximum absolute atomic E-state index is 12.7. The Balaban J connectivity index is 1.32. The van der Waals surface area contributed by atoms with Crippen LogP contribution in [0.4, 0.5) is 5.69 Å². The fourth-order valence-corrected chi connectivity index (χ4v) is 6.71. The van der Waals surface area contributed by atoms with Crippen molar-refractivity contribution in [2.45, 2.75) is 36.4 Å². The number of benzene rings is 1. The minimum absolute atomic E-state index is 0.0697. The lowest BCUT2D eigenvalue weighted by Crippen LogP contribution is -2.45. The molecule has 4 rings (SSSR count). The van der Waals surface area contributed by atoms with E-state index in [0.717, 1.165) is 25.1 Å². The summed E-state index contributed by atoms with van der Waals surface area (Å²) in [5, 5.41) is 4.75. The highest BCUT2D eigenvalue weighted by molar-refractivity contribution is 7.91. The zero-order valence-corrected chi connectivity index (χ0v) is 18.1. The number of thiophene rings is 1. The van der Waals surface area contributed by atoms with Crippen molar-refractivity contribution in [3.8, 4) is 0 Å². The molecule has 1 N–H and O–H groups in total. The third-order valence-electron chi connectivity index (χ3n) is 5.72. The number of carbonyl (C=O) groups is 1. The molecule has 2 saturated heterocycles.